The van der Waals surface area contributed by atoms with Crippen LogP contribution in [0.3, 0.4) is 0 Å². The quantitative estimate of drug-likeness (QED) is 0.627. The molecule has 0 amide bonds. The smallest absolute Gasteiger partial charge is 0.324 e. The number of nitrogens with zero attached hydrogens (tertiary/aromatic N) is 4. The fraction of sp³-hybridized carbons (Fsp3) is 0.583. The Kier molecular flexibility index (Phi) is 4.85. The zero-order valence-corrected chi connectivity index (χ0v) is 14.7. The first kappa shape index (κ1) is 17.6. The first-order valence-electron chi connectivity index (χ1n) is 7.21. The molecule has 0 saturated carbocycles. The number of hydrogen-bond acceptors (Lipinski definition) is 9. The molecule has 12 heteroatoms. The van der Waals surface area contributed by atoms with E-state index in [9.17, 15) is 10.00 Å². The number of imidazole rings is 1. The van der Waals surface area contributed by atoms with Crippen LogP contribution in [-0.4, -0.2) is 54.9 Å². The summed E-state index contributed by atoms with van der Waals surface area (Å²) in [5.41, 5.74) is 6.61. The number of aromatic nitrogens is 4. The molecule has 1 fully saturated rings. The van der Waals surface area contributed by atoms with Crippen LogP contribution in [-0.2, 0) is 25.6 Å². The van der Waals surface area contributed by atoms with E-state index in [1.165, 1.54) is 19.8 Å². The Hall–Kier alpha value is -1.20. The maximum Gasteiger partial charge on any atom is 0.324 e. The van der Waals surface area contributed by atoms with Crippen molar-refractivity contribution in [3.63, 3.8) is 0 Å². The highest BCUT2D eigenvalue weighted by atomic mass is 32.5. The summed E-state index contributed by atoms with van der Waals surface area (Å²) in [5, 5.41) is 10.6. The SMILES string of the molecule is CC[C@H]1O[C@@H](n2cnc3c(N)ncnc32)[C@@H](O)C1OP(O)(=S)OC. The fourth-order valence-electron chi connectivity index (χ4n) is 2.66. The van der Waals surface area contributed by atoms with Crippen LogP contribution in [0.25, 0.3) is 11.2 Å². The van der Waals surface area contributed by atoms with E-state index < -0.39 is 31.3 Å². The molecule has 10 nitrogen and oxygen atoms in total. The summed E-state index contributed by atoms with van der Waals surface area (Å²) in [4.78, 5) is 22.1. The summed E-state index contributed by atoms with van der Waals surface area (Å²) in [5.74, 6) is 0.233. The second-order valence-electron chi connectivity index (χ2n) is 5.27. The van der Waals surface area contributed by atoms with Gasteiger partial charge in [-0.25, -0.2) is 15.0 Å². The molecule has 4 N–H and O–H groups in total. The standard InChI is InChI=1S/C12H18N5O5PS/c1-3-6-9(22-23(19,24)20-2)8(18)12(21-6)17-5-16-7-10(13)14-4-15-11(7)17/h4-6,8-9,12,18H,3H2,1-2H3,(H,19,24)(H2,13,14,15)/t6-,8+,9?,12-,23?/m1/s1. The lowest BCUT2D eigenvalue weighted by Crippen LogP contribution is -2.33. The second-order valence-corrected chi connectivity index (χ2v) is 8.17. The van der Waals surface area contributed by atoms with Gasteiger partial charge in [-0.1, -0.05) is 6.92 Å². The first-order valence-corrected chi connectivity index (χ1v) is 9.80. The summed E-state index contributed by atoms with van der Waals surface area (Å²) >= 11 is 4.87. The van der Waals surface area contributed by atoms with Gasteiger partial charge in [0.25, 0.3) is 0 Å². The number of hydrogen-bond donors (Lipinski definition) is 3. The van der Waals surface area contributed by atoms with Crippen molar-refractivity contribution in [3.05, 3.63) is 12.7 Å². The highest BCUT2D eigenvalue weighted by molar-refractivity contribution is 8.07. The van der Waals surface area contributed by atoms with Crippen molar-refractivity contribution in [1.29, 1.82) is 0 Å². The minimum absolute atomic E-state index is 0.233. The predicted octanol–water partition coefficient (Wildman–Crippen LogP) is 0.325. The van der Waals surface area contributed by atoms with Crippen LogP contribution in [0.5, 0.6) is 0 Å². The third-order valence-corrected chi connectivity index (χ3v) is 5.54. The average molecular weight is 375 g/mol. The van der Waals surface area contributed by atoms with Gasteiger partial charge in [-0.05, 0) is 18.2 Å². The van der Waals surface area contributed by atoms with E-state index in [0.717, 1.165) is 0 Å². The maximum absolute atomic E-state index is 10.6. The molecule has 2 unspecified atom stereocenters. The summed E-state index contributed by atoms with van der Waals surface area (Å²) in [6.07, 6.45) is 0.0735. The van der Waals surface area contributed by atoms with Gasteiger partial charge in [0, 0.05) is 7.11 Å². The van der Waals surface area contributed by atoms with Gasteiger partial charge in [-0.2, -0.15) is 0 Å². The molecule has 1 aliphatic rings. The molecule has 3 heterocycles. The van der Waals surface area contributed by atoms with Crippen LogP contribution in [0, 0.1) is 0 Å². The molecule has 0 aromatic carbocycles. The van der Waals surface area contributed by atoms with Gasteiger partial charge < -0.3 is 25.0 Å². The summed E-state index contributed by atoms with van der Waals surface area (Å²) in [6, 6.07) is 0. The molecule has 1 saturated heterocycles. The molecule has 1 aliphatic heterocycles. The molecule has 0 radical (unpaired) electrons. The number of aliphatic hydroxyl groups excluding tert-OH is 1. The largest absolute Gasteiger partial charge is 0.386 e. The summed E-state index contributed by atoms with van der Waals surface area (Å²) in [7, 11) is 1.25. The monoisotopic (exact) mass is 375 g/mol. The molecule has 0 spiro atoms. The molecule has 5 atom stereocenters. The number of ether oxygens (including phenoxy) is 1. The number of aliphatic hydroxyl groups is 1. The van der Waals surface area contributed by atoms with Gasteiger partial charge in [0.15, 0.2) is 17.7 Å². The Balaban J connectivity index is 1.94. The van der Waals surface area contributed by atoms with Crippen LogP contribution in [0.15, 0.2) is 12.7 Å². The molecule has 132 valence electrons. The predicted molar refractivity (Wildman–Crippen MR) is 88.3 cm³/mol. The van der Waals surface area contributed by atoms with Gasteiger partial charge in [-0.15, -0.1) is 0 Å². The molecule has 0 aliphatic carbocycles. The molecule has 3 rings (SSSR count). The van der Waals surface area contributed by atoms with E-state index >= 15 is 0 Å². The van der Waals surface area contributed by atoms with Crippen molar-refractivity contribution in [2.75, 3.05) is 12.8 Å². The molecular weight excluding hydrogens is 357 g/mol. The third-order valence-electron chi connectivity index (χ3n) is 3.86. The number of nitrogen functional groups attached to an aromatic ring is 1. The summed E-state index contributed by atoms with van der Waals surface area (Å²) < 4.78 is 17.6. The zero-order valence-electron chi connectivity index (χ0n) is 13.0. The van der Waals surface area contributed by atoms with Crippen molar-refractivity contribution in [2.24, 2.45) is 0 Å². The normalized spacial score (nSPS) is 29.8. The van der Waals surface area contributed by atoms with Crippen molar-refractivity contribution < 1.29 is 23.8 Å². The van der Waals surface area contributed by atoms with Crippen molar-refractivity contribution >= 4 is 35.5 Å². The number of anilines is 1. The van der Waals surface area contributed by atoms with Gasteiger partial charge >= 0.3 is 6.72 Å². The Bertz CT molecular complexity index is 788. The lowest BCUT2D eigenvalue weighted by Gasteiger charge is -2.23. The average Bonchev–Trinajstić information content (AvgIpc) is 3.10. The Morgan fingerprint density at radius 2 is 2.21 bits per heavy atom. The molecule has 2 aromatic heterocycles. The van der Waals surface area contributed by atoms with Gasteiger partial charge in [-0.3, -0.25) is 9.09 Å². The Labute approximate surface area is 142 Å². The lowest BCUT2D eigenvalue weighted by atomic mass is 10.1. The molecule has 0 bridgehead atoms. The van der Waals surface area contributed by atoms with Gasteiger partial charge in [0.1, 0.15) is 24.1 Å². The van der Waals surface area contributed by atoms with Crippen LogP contribution in [0.1, 0.15) is 19.6 Å². The highest BCUT2D eigenvalue weighted by Gasteiger charge is 2.47. The van der Waals surface area contributed by atoms with Crippen molar-refractivity contribution in [3.8, 4) is 0 Å². The molecule has 24 heavy (non-hydrogen) atoms. The van der Waals surface area contributed by atoms with Crippen LogP contribution < -0.4 is 5.73 Å². The van der Waals surface area contributed by atoms with E-state index in [1.807, 2.05) is 6.92 Å². The van der Waals surface area contributed by atoms with E-state index in [1.54, 1.807) is 4.57 Å². The molecule has 2 aromatic rings. The Morgan fingerprint density at radius 3 is 2.88 bits per heavy atom. The van der Waals surface area contributed by atoms with E-state index in [-0.39, 0.29) is 5.82 Å². The van der Waals surface area contributed by atoms with Gasteiger partial charge in [0.2, 0.25) is 0 Å². The first-order chi connectivity index (χ1) is 11.4. The Morgan fingerprint density at radius 1 is 1.46 bits per heavy atom. The van der Waals surface area contributed by atoms with Crippen LogP contribution >= 0.6 is 6.72 Å². The highest BCUT2D eigenvalue weighted by Crippen LogP contribution is 2.48. The van der Waals surface area contributed by atoms with Gasteiger partial charge in [0.05, 0.1) is 12.4 Å². The number of nitrogens with two attached hydrogens (primary N) is 1. The van der Waals surface area contributed by atoms with Crippen LogP contribution in [0.4, 0.5) is 5.82 Å². The van der Waals surface area contributed by atoms with Crippen molar-refractivity contribution in [2.45, 2.75) is 37.9 Å². The summed E-state index contributed by atoms with van der Waals surface area (Å²) in [6.45, 7) is -1.58. The number of fused-ring (bicyclic) bond motifs is 1. The minimum Gasteiger partial charge on any atom is -0.386 e. The zero-order chi connectivity index (χ0) is 17.5. The third kappa shape index (κ3) is 3.04. The van der Waals surface area contributed by atoms with E-state index in [0.29, 0.717) is 17.6 Å². The van der Waals surface area contributed by atoms with E-state index in [2.05, 4.69) is 15.0 Å². The fourth-order valence-corrected chi connectivity index (χ4v) is 3.61. The number of rotatable bonds is 5. The maximum atomic E-state index is 10.6. The second kappa shape index (κ2) is 6.60. The van der Waals surface area contributed by atoms with Crippen LogP contribution in [0.2, 0.25) is 0 Å². The molecular formula is C12H18N5O5PS. The topological polar surface area (TPSA) is 138 Å². The van der Waals surface area contributed by atoms with Crippen molar-refractivity contribution in [1.82, 2.24) is 19.5 Å². The van der Waals surface area contributed by atoms with E-state index in [4.69, 9.17) is 31.3 Å². The minimum atomic E-state index is -3.45. The lowest BCUT2D eigenvalue weighted by molar-refractivity contribution is -0.0355.